The highest BCUT2D eigenvalue weighted by Gasteiger charge is 2.30. The first-order chi connectivity index (χ1) is 12.9. The van der Waals surface area contributed by atoms with Gasteiger partial charge in [0.15, 0.2) is 10.0 Å². The molecule has 1 aliphatic rings. The molecule has 0 saturated carbocycles. The summed E-state index contributed by atoms with van der Waals surface area (Å²) < 4.78 is 19.0. The van der Waals surface area contributed by atoms with Crippen LogP contribution in [0.2, 0.25) is 4.47 Å². The number of hydrogen-bond donors (Lipinski definition) is 0. The highest BCUT2D eigenvalue weighted by molar-refractivity contribution is 7.16. The van der Waals surface area contributed by atoms with Crippen LogP contribution in [0.4, 0.5) is 4.39 Å². The molecule has 0 atom stereocenters. The summed E-state index contributed by atoms with van der Waals surface area (Å²) in [5.41, 5.74) is 1.78. The summed E-state index contributed by atoms with van der Waals surface area (Å²) in [7, 11) is 0. The lowest BCUT2D eigenvalue weighted by Gasteiger charge is -2.31. The van der Waals surface area contributed by atoms with E-state index >= 15 is 0 Å². The molecule has 1 saturated heterocycles. The maximum Gasteiger partial charge on any atom is 0.273 e. The summed E-state index contributed by atoms with van der Waals surface area (Å²) >= 11 is 7.41. The zero-order valence-electron chi connectivity index (χ0n) is 15.0. The van der Waals surface area contributed by atoms with E-state index in [1.807, 2.05) is 18.7 Å². The van der Waals surface area contributed by atoms with Crippen molar-refractivity contribution in [3.63, 3.8) is 0 Å². The molecule has 0 bridgehead atoms. The topological polar surface area (TPSA) is 59.2 Å². The predicted octanol–water partition coefficient (Wildman–Crippen LogP) is 5.22. The fourth-order valence-corrected chi connectivity index (χ4v) is 4.70. The molecule has 142 valence electrons. The zero-order valence-corrected chi connectivity index (χ0v) is 16.6. The van der Waals surface area contributed by atoms with E-state index in [4.69, 9.17) is 16.1 Å². The quantitative estimate of drug-likeness (QED) is 0.597. The first kappa shape index (κ1) is 18.4. The smallest absolute Gasteiger partial charge is 0.273 e. The number of piperidine rings is 1. The molecule has 5 nitrogen and oxygen atoms in total. The van der Waals surface area contributed by atoms with Crippen molar-refractivity contribution >= 4 is 39.8 Å². The largest absolute Gasteiger partial charge is 0.356 e. The summed E-state index contributed by atoms with van der Waals surface area (Å²) in [6.07, 6.45) is 1.55. The Kier molecular flexibility index (Phi) is 4.90. The Balaban J connectivity index is 1.49. The average molecular weight is 408 g/mol. The molecule has 4 rings (SSSR count). The maximum absolute atomic E-state index is 13.3. The summed E-state index contributed by atoms with van der Waals surface area (Å²) in [5.74, 6) is -0.0152. The Bertz CT molecular complexity index is 992. The second-order valence-corrected chi connectivity index (χ2v) is 8.72. The van der Waals surface area contributed by atoms with E-state index in [9.17, 15) is 9.18 Å². The first-order valence-corrected chi connectivity index (χ1v) is 10.1. The standard InChI is InChI=1S/C19H19ClFN3O2S/c1-10(2)17-16(22-19(20)27-17)18(25)24-7-5-11(6-8-24)15-13-4-3-12(21)9-14(13)26-23-15/h3-4,9-11H,5-8H2,1-2H3. The number of rotatable bonds is 3. The van der Waals surface area contributed by atoms with Crippen molar-refractivity contribution in [3.8, 4) is 0 Å². The first-order valence-electron chi connectivity index (χ1n) is 8.94. The van der Waals surface area contributed by atoms with Gasteiger partial charge in [0.05, 0.1) is 5.69 Å². The molecular weight excluding hydrogens is 389 g/mol. The summed E-state index contributed by atoms with van der Waals surface area (Å²) in [6, 6.07) is 4.48. The molecule has 1 aliphatic heterocycles. The van der Waals surface area contributed by atoms with Crippen LogP contribution in [0.5, 0.6) is 0 Å². The monoisotopic (exact) mass is 407 g/mol. The van der Waals surface area contributed by atoms with Gasteiger partial charge in [-0.05, 0) is 30.9 Å². The van der Waals surface area contributed by atoms with Crippen LogP contribution in [0.1, 0.15) is 59.6 Å². The van der Waals surface area contributed by atoms with Crippen molar-refractivity contribution in [1.82, 2.24) is 15.0 Å². The van der Waals surface area contributed by atoms with E-state index < -0.39 is 0 Å². The number of likely N-dealkylation sites (tertiary alicyclic amines) is 1. The number of fused-ring (bicyclic) bond motifs is 1. The number of amides is 1. The molecule has 27 heavy (non-hydrogen) atoms. The second kappa shape index (κ2) is 7.20. The van der Waals surface area contributed by atoms with E-state index in [0.29, 0.717) is 28.8 Å². The number of halogens is 2. The highest BCUT2D eigenvalue weighted by atomic mass is 35.5. The molecule has 0 aliphatic carbocycles. The SMILES string of the molecule is CC(C)c1sc(Cl)nc1C(=O)N1CCC(c2noc3cc(F)ccc23)CC1. The van der Waals surface area contributed by atoms with Crippen molar-refractivity contribution in [2.45, 2.75) is 38.5 Å². The van der Waals surface area contributed by atoms with Crippen LogP contribution < -0.4 is 0 Å². The third-order valence-corrected chi connectivity index (χ3v) is 6.45. The Morgan fingerprint density at radius 2 is 2.11 bits per heavy atom. The minimum absolute atomic E-state index is 0.0626. The van der Waals surface area contributed by atoms with Gasteiger partial charge in [0.25, 0.3) is 5.91 Å². The number of benzene rings is 1. The van der Waals surface area contributed by atoms with Crippen LogP contribution in [0.15, 0.2) is 22.7 Å². The number of carbonyl (C=O) groups is 1. The molecule has 3 aromatic rings. The van der Waals surface area contributed by atoms with Crippen LogP contribution in [-0.2, 0) is 0 Å². The van der Waals surface area contributed by atoms with E-state index in [1.165, 1.54) is 23.5 Å². The molecule has 2 aromatic heterocycles. The minimum atomic E-state index is -0.339. The lowest BCUT2D eigenvalue weighted by Crippen LogP contribution is -2.38. The van der Waals surface area contributed by atoms with E-state index in [1.54, 1.807) is 6.07 Å². The minimum Gasteiger partial charge on any atom is -0.356 e. The number of nitrogens with zero attached hydrogens (tertiary/aromatic N) is 3. The molecule has 8 heteroatoms. The fourth-order valence-electron chi connectivity index (χ4n) is 3.58. The van der Waals surface area contributed by atoms with Crippen molar-refractivity contribution in [2.24, 2.45) is 0 Å². The highest BCUT2D eigenvalue weighted by Crippen LogP contribution is 2.35. The molecule has 0 unspecified atom stereocenters. The lowest BCUT2D eigenvalue weighted by atomic mass is 9.91. The number of thiazole rings is 1. The van der Waals surface area contributed by atoms with Gasteiger partial charge in [0.1, 0.15) is 11.5 Å². The van der Waals surface area contributed by atoms with Gasteiger partial charge in [-0.3, -0.25) is 4.79 Å². The van der Waals surface area contributed by atoms with Gasteiger partial charge in [0, 0.05) is 35.3 Å². The Morgan fingerprint density at radius 1 is 1.37 bits per heavy atom. The third-order valence-electron chi connectivity index (χ3n) is 4.99. The van der Waals surface area contributed by atoms with Crippen LogP contribution in [0, 0.1) is 5.82 Å². The number of carbonyl (C=O) groups excluding carboxylic acids is 1. The van der Waals surface area contributed by atoms with E-state index in [2.05, 4.69) is 10.1 Å². The van der Waals surface area contributed by atoms with Crippen LogP contribution in [-0.4, -0.2) is 34.0 Å². The summed E-state index contributed by atoms with van der Waals surface area (Å²) in [4.78, 5) is 19.9. The Labute approximate surface area is 165 Å². The van der Waals surface area contributed by atoms with E-state index in [-0.39, 0.29) is 23.6 Å². The molecule has 0 radical (unpaired) electrons. The Hall–Kier alpha value is -1.99. The second-order valence-electron chi connectivity index (χ2n) is 7.11. The van der Waals surface area contributed by atoms with Gasteiger partial charge in [-0.25, -0.2) is 9.37 Å². The predicted molar refractivity (Wildman–Crippen MR) is 103 cm³/mol. The van der Waals surface area contributed by atoms with Crippen LogP contribution in [0.25, 0.3) is 11.0 Å². The van der Waals surface area contributed by atoms with Crippen molar-refractivity contribution in [3.05, 3.63) is 44.7 Å². The Morgan fingerprint density at radius 3 is 2.81 bits per heavy atom. The van der Waals surface area contributed by atoms with Gasteiger partial charge in [-0.15, -0.1) is 11.3 Å². The van der Waals surface area contributed by atoms with Gasteiger partial charge in [0.2, 0.25) is 0 Å². The fraction of sp³-hybridized carbons (Fsp3) is 0.421. The molecular formula is C19H19ClFN3O2S. The summed E-state index contributed by atoms with van der Waals surface area (Å²) in [6.45, 7) is 5.30. The van der Waals surface area contributed by atoms with Gasteiger partial charge >= 0.3 is 0 Å². The molecule has 1 fully saturated rings. The third kappa shape index (κ3) is 3.46. The number of aromatic nitrogens is 2. The van der Waals surface area contributed by atoms with Gasteiger partial charge < -0.3 is 9.42 Å². The summed E-state index contributed by atoms with van der Waals surface area (Å²) in [5, 5.41) is 5.00. The van der Waals surface area contributed by atoms with Gasteiger partial charge in [-0.2, -0.15) is 0 Å². The molecule has 3 heterocycles. The molecule has 0 N–H and O–H groups in total. The number of hydrogen-bond acceptors (Lipinski definition) is 5. The van der Waals surface area contributed by atoms with Crippen molar-refractivity contribution < 1.29 is 13.7 Å². The molecule has 0 spiro atoms. The van der Waals surface area contributed by atoms with Crippen molar-refractivity contribution in [2.75, 3.05) is 13.1 Å². The maximum atomic E-state index is 13.3. The zero-order chi connectivity index (χ0) is 19.1. The average Bonchev–Trinajstić information content (AvgIpc) is 3.24. The van der Waals surface area contributed by atoms with Crippen LogP contribution >= 0.6 is 22.9 Å². The van der Waals surface area contributed by atoms with Crippen molar-refractivity contribution in [1.29, 1.82) is 0 Å². The molecule has 1 amide bonds. The van der Waals surface area contributed by atoms with Crippen LogP contribution in [0.3, 0.4) is 0 Å². The van der Waals surface area contributed by atoms with E-state index in [0.717, 1.165) is 28.8 Å². The molecule has 1 aromatic carbocycles. The normalized spacial score (nSPS) is 15.8. The van der Waals surface area contributed by atoms with Gasteiger partial charge in [-0.1, -0.05) is 30.6 Å². The lowest BCUT2D eigenvalue weighted by molar-refractivity contribution is 0.0705.